The van der Waals surface area contributed by atoms with E-state index in [-0.39, 0.29) is 6.04 Å². The lowest BCUT2D eigenvalue weighted by Crippen LogP contribution is -2.61. The summed E-state index contributed by atoms with van der Waals surface area (Å²) >= 11 is 11.8. The first-order valence-electron chi connectivity index (χ1n) is 9.56. The lowest BCUT2D eigenvalue weighted by molar-refractivity contribution is 0.104. The van der Waals surface area contributed by atoms with Crippen LogP contribution in [0.4, 0.5) is 10.5 Å². The van der Waals surface area contributed by atoms with E-state index in [0.29, 0.717) is 13.1 Å². The topological polar surface area (TPSA) is 56.7 Å². The number of carbonyl (C=O) groups is 1. The normalized spacial score (nSPS) is 16.8. The molecule has 2 aliphatic heterocycles. The average Bonchev–Trinajstić information content (AvgIpc) is 3.09. The summed E-state index contributed by atoms with van der Waals surface area (Å²) in [5.41, 5.74) is 5.72. The fourth-order valence-electron chi connectivity index (χ4n) is 4.38. The highest BCUT2D eigenvalue weighted by atomic mass is 79.9. The van der Waals surface area contributed by atoms with Gasteiger partial charge in [-0.2, -0.15) is 0 Å². The summed E-state index contributed by atoms with van der Waals surface area (Å²) in [5, 5.41) is 10.8. The zero-order valence-corrected chi connectivity index (χ0v) is 18.7. The Bertz CT molecular complexity index is 1110. The summed E-state index contributed by atoms with van der Waals surface area (Å²) in [4.78, 5) is 20.9. The van der Waals surface area contributed by atoms with Crippen molar-refractivity contribution in [3.8, 4) is 11.1 Å². The monoisotopic (exact) mass is 491 g/mol. The Morgan fingerprint density at radius 1 is 1.31 bits per heavy atom. The minimum absolute atomic E-state index is 0.212. The first-order valence-corrected chi connectivity index (χ1v) is 11.9. The van der Waals surface area contributed by atoms with Crippen molar-refractivity contribution in [2.75, 3.05) is 24.5 Å². The van der Waals surface area contributed by atoms with Crippen LogP contribution < -0.4 is 4.90 Å². The van der Waals surface area contributed by atoms with E-state index in [9.17, 15) is 9.90 Å². The maximum atomic E-state index is 11.2. The number of likely N-dealkylation sites (tertiary alicyclic amines) is 1. The van der Waals surface area contributed by atoms with Crippen LogP contribution in [0.2, 0.25) is 5.02 Å². The number of benzene rings is 1. The van der Waals surface area contributed by atoms with Crippen molar-refractivity contribution in [2.24, 2.45) is 0 Å². The third-order valence-corrected chi connectivity index (χ3v) is 8.10. The minimum atomic E-state index is -0.841. The number of anilines is 1. The number of amides is 1. The molecule has 0 saturated carbocycles. The van der Waals surface area contributed by atoms with Crippen molar-refractivity contribution >= 4 is 60.9 Å². The fraction of sp³-hybridized carbons (Fsp3) is 0.333. The molecule has 5 rings (SSSR count). The van der Waals surface area contributed by atoms with Crippen LogP contribution in [-0.4, -0.2) is 46.8 Å². The van der Waals surface area contributed by atoms with E-state index in [4.69, 9.17) is 11.6 Å². The van der Waals surface area contributed by atoms with Crippen LogP contribution in [0.5, 0.6) is 0 Å². The SMILES string of the molecule is O=C(O)N1CC(N2CCCc3cc(Cl)cc(-c4ccnc5cc(CBr)sc45)c32)C1. The highest BCUT2D eigenvalue weighted by Gasteiger charge is 2.37. The van der Waals surface area contributed by atoms with Gasteiger partial charge in [-0.3, -0.25) is 4.98 Å². The molecule has 4 heterocycles. The van der Waals surface area contributed by atoms with E-state index in [2.05, 4.69) is 50.1 Å². The number of hydrogen-bond acceptors (Lipinski definition) is 4. The molecule has 0 bridgehead atoms. The van der Waals surface area contributed by atoms with Gasteiger partial charge >= 0.3 is 6.09 Å². The molecule has 0 spiro atoms. The molecule has 2 aromatic heterocycles. The molecule has 8 heteroatoms. The number of fused-ring (bicyclic) bond motifs is 2. The van der Waals surface area contributed by atoms with Crippen molar-refractivity contribution < 1.29 is 9.90 Å². The molecule has 0 atom stereocenters. The number of hydrogen-bond donors (Lipinski definition) is 1. The van der Waals surface area contributed by atoms with Gasteiger partial charge in [-0.1, -0.05) is 27.5 Å². The van der Waals surface area contributed by atoms with Crippen molar-refractivity contribution in [1.82, 2.24) is 9.88 Å². The fourth-order valence-corrected chi connectivity index (χ4v) is 6.12. The number of aryl methyl sites for hydroxylation is 1. The maximum absolute atomic E-state index is 11.2. The van der Waals surface area contributed by atoms with Gasteiger partial charge in [0.15, 0.2) is 0 Å². The minimum Gasteiger partial charge on any atom is -0.465 e. The number of aromatic nitrogens is 1. The Labute approximate surface area is 186 Å². The van der Waals surface area contributed by atoms with E-state index in [1.54, 1.807) is 11.3 Å². The average molecular weight is 493 g/mol. The summed E-state index contributed by atoms with van der Waals surface area (Å²) in [5.74, 6) is 0. The van der Waals surface area contributed by atoms with Crippen LogP contribution >= 0.6 is 38.9 Å². The molecule has 0 aliphatic carbocycles. The molecule has 29 heavy (non-hydrogen) atoms. The zero-order chi connectivity index (χ0) is 20.1. The first-order chi connectivity index (χ1) is 14.0. The van der Waals surface area contributed by atoms with Crippen molar-refractivity contribution in [3.63, 3.8) is 0 Å². The number of rotatable bonds is 3. The van der Waals surface area contributed by atoms with E-state index in [1.165, 1.54) is 21.0 Å². The number of nitrogens with zero attached hydrogens (tertiary/aromatic N) is 3. The summed E-state index contributed by atoms with van der Waals surface area (Å²) in [7, 11) is 0. The lowest BCUT2D eigenvalue weighted by Gasteiger charge is -2.47. The van der Waals surface area contributed by atoms with E-state index in [0.717, 1.165) is 51.1 Å². The Hall–Kier alpha value is -1.83. The van der Waals surface area contributed by atoms with Crippen molar-refractivity contribution in [1.29, 1.82) is 0 Å². The van der Waals surface area contributed by atoms with Crippen LogP contribution in [0.15, 0.2) is 30.5 Å². The van der Waals surface area contributed by atoms with Crippen LogP contribution in [-0.2, 0) is 11.8 Å². The molecule has 0 radical (unpaired) electrons. The van der Waals surface area contributed by atoms with Crippen LogP contribution in [0, 0.1) is 0 Å². The summed E-state index contributed by atoms with van der Waals surface area (Å²) in [6, 6.07) is 8.53. The number of alkyl halides is 1. The Morgan fingerprint density at radius 3 is 2.90 bits per heavy atom. The maximum Gasteiger partial charge on any atom is 0.407 e. The van der Waals surface area contributed by atoms with Gasteiger partial charge in [-0.25, -0.2) is 4.79 Å². The first kappa shape index (κ1) is 19.2. The Morgan fingerprint density at radius 2 is 2.14 bits per heavy atom. The van der Waals surface area contributed by atoms with Gasteiger partial charge in [0.1, 0.15) is 0 Å². The van der Waals surface area contributed by atoms with Gasteiger partial charge in [-0.15, -0.1) is 11.3 Å². The van der Waals surface area contributed by atoms with E-state index < -0.39 is 6.09 Å². The molecule has 3 aromatic rings. The molecule has 2 aliphatic rings. The second-order valence-corrected chi connectivity index (χ2v) is 9.65. The predicted octanol–water partition coefficient (Wildman–Crippen LogP) is 5.63. The molecule has 1 aromatic carbocycles. The van der Waals surface area contributed by atoms with Gasteiger partial charge in [0.25, 0.3) is 0 Å². The molecule has 1 fully saturated rings. The summed E-state index contributed by atoms with van der Waals surface area (Å²) < 4.78 is 1.16. The standard InChI is InChI=1S/C21H19BrClN3O2S/c22-9-15-8-18-20(29-15)16(3-4-24-18)17-7-13(23)6-12-2-1-5-26(19(12)17)14-10-25(11-14)21(27)28/h3-4,6-8,14H,1-2,5,9-11H2,(H,27,28). The van der Waals surface area contributed by atoms with Crippen LogP contribution in [0.3, 0.4) is 0 Å². The molecular weight excluding hydrogens is 474 g/mol. The predicted molar refractivity (Wildman–Crippen MR) is 122 cm³/mol. The number of pyridine rings is 1. The van der Waals surface area contributed by atoms with Crippen molar-refractivity contribution in [2.45, 2.75) is 24.2 Å². The van der Waals surface area contributed by atoms with E-state index in [1.807, 2.05) is 6.20 Å². The smallest absolute Gasteiger partial charge is 0.407 e. The zero-order valence-electron chi connectivity index (χ0n) is 15.6. The van der Waals surface area contributed by atoms with Gasteiger partial charge < -0.3 is 14.9 Å². The third kappa shape index (κ3) is 3.29. The summed E-state index contributed by atoms with van der Waals surface area (Å²) in [6.07, 6.45) is 3.05. The second kappa shape index (κ2) is 7.45. The summed E-state index contributed by atoms with van der Waals surface area (Å²) in [6.45, 7) is 2.04. The molecule has 0 unspecified atom stereocenters. The highest BCUT2D eigenvalue weighted by molar-refractivity contribution is 9.08. The highest BCUT2D eigenvalue weighted by Crippen LogP contribution is 2.45. The Balaban J connectivity index is 1.64. The quantitative estimate of drug-likeness (QED) is 0.482. The number of thiophene rings is 1. The number of carboxylic acid groups (broad SMARTS) is 1. The van der Waals surface area contributed by atoms with Gasteiger partial charge in [0.05, 0.1) is 16.3 Å². The molecule has 1 N–H and O–H groups in total. The van der Waals surface area contributed by atoms with Crippen molar-refractivity contribution in [3.05, 3.63) is 45.9 Å². The molecule has 1 saturated heterocycles. The third-order valence-electron chi connectivity index (χ3n) is 5.74. The molecular formula is C21H19BrClN3O2S. The Kier molecular flexibility index (Phi) is 4.92. The second-order valence-electron chi connectivity index (χ2n) is 7.52. The lowest BCUT2D eigenvalue weighted by atomic mass is 9.91. The van der Waals surface area contributed by atoms with Gasteiger partial charge in [0, 0.05) is 57.9 Å². The number of halogens is 2. The van der Waals surface area contributed by atoms with Crippen LogP contribution in [0.25, 0.3) is 21.3 Å². The van der Waals surface area contributed by atoms with Gasteiger partial charge in [0.2, 0.25) is 0 Å². The molecule has 150 valence electrons. The van der Waals surface area contributed by atoms with Crippen LogP contribution in [0.1, 0.15) is 16.9 Å². The largest absolute Gasteiger partial charge is 0.465 e. The van der Waals surface area contributed by atoms with Gasteiger partial charge in [-0.05, 0) is 42.7 Å². The van der Waals surface area contributed by atoms with E-state index >= 15 is 0 Å². The molecule has 1 amide bonds. The molecule has 5 nitrogen and oxygen atoms in total.